The number of carbonyl (C=O) groups excluding carboxylic acids is 1. The monoisotopic (exact) mass is 346 g/mol. The molecule has 0 saturated carbocycles. The van der Waals surface area contributed by atoms with Gasteiger partial charge in [-0.3, -0.25) is 9.20 Å². The summed E-state index contributed by atoms with van der Waals surface area (Å²) in [6, 6.07) is 18.3. The first kappa shape index (κ1) is 15.8. The highest BCUT2D eigenvalue weighted by Gasteiger charge is 2.21. The van der Waals surface area contributed by atoms with Crippen molar-refractivity contribution in [3.05, 3.63) is 70.7 Å². The van der Waals surface area contributed by atoms with Gasteiger partial charge in [0.25, 0.3) is 0 Å². The molecule has 0 amide bonds. The molecular formula is C21H18N2OS. The molecule has 3 nitrogen and oxygen atoms in total. The van der Waals surface area contributed by atoms with Gasteiger partial charge in [-0.05, 0) is 18.9 Å². The van der Waals surface area contributed by atoms with E-state index in [4.69, 9.17) is 4.98 Å². The minimum atomic E-state index is 0.618. The fourth-order valence-corrected chi connectivity index (χ4v) is 4.23. The van der Waals surface area contributed by atoms with Crippen LogP contribution >= 0.6 is 11.3 Å². The van der Waals surface area contributed by atoms with Gasteiger partial charge in [-0.15, -0.1) is 11.3 Å². The Morgan fingerprint density at radius 3 is 2.40 bits per heavy atom. The molecule has 2 aromatic heterocycles. The molecule has 4 aromatic rings. The average molecular weight is 346 g/mol. The molecule has 0 fully saturated rings. The van der Waals surface area contributed by atoms with Crippen LogP contribution in [-0.2, 0) is 6.42 Å². The summed E-state index contributed by atoms with van der Waals surface area (Å²) in [5.41, 5.74) is 5.76. The summed E-state index contributed by atoms with van der Waals surface area (Å²) in [5.74, 6) is 0. The fourth-order valence-electron chi connectivity index (χ4n) is 3.14. The third-order valence-electron chi connectivity index (χ3n) is 4.39. The number of benzene rings is 2. The Bertz CT molecular complexity index is 1040. The summed E-state index contributed by atoms with van der Waals surface area (Å²) in [4.78, 5) is 18.8. The van der Waals surface area contributed by atoms with Gasteiger partial charge in [0.2, 0.25) is 0 Å². The zero-order chi connectivity index (χ0) is 17.4. The van der Waals surface area contributed by atoms with Crippen LogP contribution in [0.2, 0.25) is 0 Å². The molecule has 0 radical (unpaired) electrons. The number of hydrogen-bond donors (Lipinski definition) is 0. The Balaban J connectivity index is 2.03. The minimum Gasteiger partial charge on any atom is -0.296 e. The topological polar surface area (TPSA) is 34.4 Å². The van der Waals surface area contributed by atoms with E-state index in [1.165, 1.54) is 10.4 Å². The molecule has 4 heteroatoms. The predicted octanol–water partition coefficient (Wildman–Crippen LogP) is 5.41. The van der Waals surface area contributed by atoms with Gasteiger partial charge in [0.15, 0.2) is 11.2 Å². The lowest BCUT2D eigenvalue weighted by molar-refractivity contribution is 0.111. The molecule has 2 heterocycles. The van der Waals surface area contributed by atoms with E-state index < -0.39 is 0 Å². The number of rotatable bonds is 4. The van der Waals surface area contributed by atoms with Gasteiger partial charge in [0.1, 0.15) is 11.4 Å². The first-order valence-corrected chi connectivity index (χ1v) is 9.16. The third kappa shape index (κ3) is 2.59. The molecule has 0 aliphatic rings. The molecule has 0 unspecified atom stereocenters. The second kappa shape index (κ2) is 6.30. The van der Waals surface area contributed by atoms with Crippen LogP contribution in [-0.4, -0.2) is 15.7 Å². The molecule has 0 spiro atoms. The van der Waals surface area contributed by atoms with Crippen molar-refractivity contribution in [2.24, 2.45) is 0 Å². The Kier molecular flexibility index (Phi) is 3.98. The van der Waals surface area contributed by atoms with E-state index in [9.17, 15) is 4.79 Å². The molecule has 124 valence electrons. The zero-order valence-electron chi connectivity index (χ0n) is 14.2. The fraction of sp³-hybridized carbons (Fsp3) is 0.143. The number of aromatic nitrogens is 2. The molecule has 25 heavy (non-hydrogen) atoms. The lowest BCUT2D eigenvalue weighted by Gasteiger charge is -2.06. The second-order valence-electron chi connectivity index (χ2n) is 6.04. The normalized spacial score (nSPS) is 11.1. The quantitative estimate of drug-likeness (QED) is 0.463. The van der Waals surface area contributed by atoms with Crippen LogP contribution in [0.3, 0.4) is 0 Å². The second-order valence-corrected chi connectivity index (χ2v) is 7.10. The van der Waals surface area contributed by atoms with Crippen LogP contribution in [0.25, 0.3) is 27.5 Å². The van der Waals surface area contributed by atoms with E-state index in [0.29, 0.717) is 5.69 Å². The molecular weight excluding hydrogens is 328 g/mol. The van der Waals surface area contributed by atoms with Gasteiger partial charge in [0, 0.05) is 10.4 Å². The van der Waals surface area contributed by atoms with Crippen molar-refractivity contribution in [3.63, 3.8) is 0 Å². The van der Waals surface area contributed by atoms with Crippen LogP contribution in [0.4, 0.5) is 0 Å². The molecule has 4 rings (SSSR count). The molecule has 2 aromatic carbocycles. The number of carbonyl (C=O) groups is 1. The molecule has 0 aliphatic carbocycles. The molecule has 0 bridgehead atoms. The summed E-state index contributed by atoms with van der Waals surface area (Å²) < 4.78 is 2.02. The third-order valence-corrected chi connectivity index (χ3v) is 5.57. The lowest BCUT2D eigenvalue weighted by Crippen LogP contribution is -1.96. The Morgan fingerprint density at radius 1 is 1.04 bits per heavy atom. The number of nitrogens with zero attached hydrogens (tertiary/aromatic N) is 2. The highest BCUT2D eigenvalue weighted by molar-refractivity contribution is 7.17. The van der Waals surface area contributed by atoms with Gasteiger partial charge in [0.05, 0.1) is 5.69 Å². The number of aryl methyl sites for hydroxylation is 2. The minimum absolute atomic E-state index is 0.618. The van der Waals surface area contributed by atoms with Crippen LogP contribution in [0, 0.1) is 6.92 Å². The largest absolute Gasteiger partial charge is 0.296 e. The van der Waals surface area contributed by atoms with Crippen molar-refractivity contribution < 1.29 is 4.79 Å². The smallest absolute Gasteiger partial charge is 0.195 e. The number of imidazole rings is 1. The van der Waals surface area contributed by atoms with E-state index in [-0.39, 0.29) is 0 Å². The number of aldehydes is 1. The van der Waals surface area contributed by atoms with Gasteiger partial charge in [-0.2, -0.15) is 0 Å². The number of thiazole rings is 1. The van der Waals surface area contributed by atoms with Gasteiger partial charge in [-0.25, -0.2) is 4.98 Å². The maximum atomic E-state index is 12.0. The van der Waals surface area contributed by atoms with Gasteiger partial charge in [-0.1, -0.05) is 67.1 Å². The lowest BCUT2D eigenvalue weighted by atomic mass is 10.1. The van der Waals surface area contributed by atoms with E-state index >= 15 is 0 Å². The van der Waals surface area contributed by atoms with Crippen molar-refractivity contribution in [1.29, 1.82) is 0 Å². The van der Waals surface area contributed by atoms with Crippen molar-refractivity contribution in [2.45, 2.75) is 20.3 Å². The Morgan fingerprint density at radius 2 is 1.76 bits per heavy atom. The molecule has 0 aliphatic heterocycles. The Labute approximate surface area is 150 Å². The molecule has 0 atom stereocenters. The zero-order valence-corrected chi connectivity index (χ0v) is 15.0. The standard InChI is InChI=1S/C21H18N2OS/c1-3-18-20(16-11-9-14(2)10-12-16)23-17(13-24)19(22-21(23)25-18)15-7-5-4-6-8-15/h4-13H,3H2,1-2H3. The predicted molar refractivity (Wildman–Crippen MR) is 103 cm³/mol. The van der Waals surface area contributed by atoms with Crippen LogP contribution < -0.4 is 0 Å². The first-order valence-electron chi connectivity index (χ1n) is 8.34. The van der Waals surface area contributed by atoms with E-state index in [1.807, 2.05) is 34.7 Å². The SMILES string of the molecule is CCc1sc2nc(-c3ccccc3)c(C=O)n2c1-c1ccc(C)cc1. The summed E-state index contributed by atoms with van der Waals surface area (Å²) in [6.45, 7) is 4.22. The van der Waals surface area contributed by atoms with Crippen LogP contribution in [0.1, 0.15) is 27.9 Å². The average Bonchev–Trinajstić information content (AvgIpc) is 3.18. The maximum Gasteiger partial charge on any atom is 0.195 e. The van der Waals surface area contributed by atoms with Crippen molar-refractivity contribution >= 4 is 22.6 Å². The molecule has 0 saturated heterocycles. The highest BCUT2D eigenvalue weighted by atomic mass is 32.1. The maximum absolute atomic E-state index is 12.0. The number of hydrogen-bond acceptors (Lipinski definition) is 3. The van der Waals surface area contributed by atoms with E-state index in [0.717, 1.165) is 40.2 Å². The Hall–Kier alpha value is -2.72. The summed E-state index contributed by atoms with van der Waals surface area (Å²) >= 11 is 1.66. The van der Waals surface area contributed by atoms with E-state index in [1.54, 1.807) is 11.3 Å². The van der Waals surface area contributed by atoms with E-state index in [2.05, 4.69) is 38.1 Å². The number of fused-ring (bicyclic) bond motifs is 1. The summed E-state index contributed by atoms with van der Waals surface area (Å²) in [7, 11) is 0. The summed E-state index contributed by atoms with van der Waals surface area (Å²) in [5, 5.41) is 0. The van der Waals surface area contributed by atoms with Gasteiger partial charge < -0.3 is 0 Å². The highest BCUT2D eigenvalue weighted by Crippen LogP contribution is 2.36. The molecule has 0 N–H and O–H groups in total. The van der Waals surface area contributed by atoms with Crippen molar-refractivity contribution in [1.82, 2.24) is 9.38 Å². The van der Waals surface area contributed by atoms with Crippen LogP contribution in [0.5, 0.6) is 0 Å². The van der Waals surface area contributed by atoms with Crippen molar-refractivity contribution in [2.75, 3.05) is 0 Å². The first-order chi connectivity index (χ1) is 12.2. The summed E-state index contributed by atoms with van der Waals surface area (Å²) in [6.07, 6.45) is 1.84. The van der Waals surface area contributed by atoms with Crippen LogP contribution in [0.15, 0.2) is 54.6 Å². The van der Waals surface area contributed by atoms with Gasteiger partial charge >= 0.3 is 0 Å². The van der Waals surface area contributed by atoms with Crippen molar-refractivity contribution in [3.8, 4) is 22.5 Å².